The molecule has 4 rings (SSSR count). The molecule has 0 bridgehead atoms. The minimum Gasteiger partial charge on any atom is -0.289 e. The van der Waals surface area contributed by atoms with Crippen molar-refractivity contribution < 1.29 is 0 Å². The summed E-state index contributed by atoms with van der Waals surface area (Å²) in [4.78, 5) is 6.71. The van der Waals surface area contributed by atoms with Gasteiger partial charge in [0.15, 0.2) is 5.82 Å². The van der Waals surface area contributed by atoms with Crippen molar-refractivity contribution in [1.29, 1.82) is 0 Å². The van der Waals surface area contributed by atoms with Crippen molar-refractivity contribution in [1.82, 2.24) is 30.1 Å². The summed E-state index contributed by atoms with van der Waals surface area (Å²) in [6.07, 6.45) is 7.13. The molecule has 3 aromatic rings. The molecule has 0 spiro atoms. The molecule has 0 aliphatic carbocycles. The van der Waals surface area contributed by atoms with Crippen LogP contribution in [0.5, 0.6) is 0 Å². The summed E-state index contributed by atoms with van der Waals surface area (Å²) in [6.45, 7) is 5.24. The van der Waals surface area contributed by atoms with Crippen molar-refractivity contribution in [2.45, 2.75) is 38.8 Å². The molecule has 0 radical (unpaired) electrons. The average Bonchev–Trinajstić information content (AvgIpc) is 3.16. The van der Waals surface area contributed by atoms with Crippen LogP contribution >= 0.6 is 0 Å². The Bertz CT molecular complexity index is 832. The van der Waals surface area contributed by atoms with Gasteiger partial charge in [0.05, 0.1) is 6.04 Å². The van der Waals surface area contributed by atoms with E-state index < -0.39 is 0 Å². The number of nitrogens with zero attached hydrogens (tertiary/aromatic N) is 6. The highest BCUT2D eigenvalue weighted by atomic mass is 15.5. The van der Waals surface area contributed by atoms with Crippen molar-refractivity contribution in [3.05, 3.63) is 71.8 Å². The number of likely N-dealkylation sites (tertiary alicyclic amines) is 1. The highest BCUT2D eigenvalue weighted by Gasteiger charge is 2.30. The first-order valence-electron chi connectivity index (χ1n) is 9.75. The number of aryl methyl sites for hydroxylation is 2. The van der Waals surface area contributed by atoms with Crippen LogP contribution in [0.4, 0.5) is 0 Å². The number of pyridine rings is 1. The standard InChI is InChI=1S/C21H26N6/c1-17-6-5-14-26(16-17)20(19-9-12-22-13-10-19)21-23-24-25-27(21)15-11-18-7-3-2-4-8-18/h2-4,7-10,12-13,17,20H,5-6,11,14-16H2,1H3/t17-,20-/m1/s1. The fourth-order valence-electron chi connectivity index (χ4n) is 3.98. The molecule has 1 saturated heterocycles. The number of hydrogen-bond donors (Lipinski definition) is 0. The molecule has 1 aliphatic rings. The quantitative estimate of drug-likeness (QED) is 0.674. The second-order valence-corrected chi connectivity index (χ2v) is 7.42. The van der Waals surface area contributed by atoms with Crippen molar-refractivity contribution in [3.63, 3.8) is 0 Å². The van der Waals surface area contributed by atoms with Gasteiger partial charge in [-0.05, 0) is 65.4 Å². The van der Waals surface area contributed by atoms with E-state index in [4.69, 9.17) is 0 Å². The summed E-state index contributed by atoms with van der Waals surface area (Å²) in [5, 5.41) is 12.8. The Morgan fingerprint density at radius 3 is 2.70 bits per heavy atom. The van der Waals surface area contributed by atoms with E-state index in [-0.39, 0.29) is 6.04 Å². The van der Waals surface area contributed by atoms with Crippen molar-refractivity contribution >= 4 is 0 Å². The molecule has 6 heteroatoms. The molecule has 27 heavy (non-hydrogen) atoms. The van der Waals surface area contributed by atoms with Gasteiger partial charge in [-0.25, -0.2) is 4.68 Å². The Hall–Kier alpha value is -2.60. The van der Waals surface area contributed by atoms with Crippen LogP contribution in [0, 0.1) is 5.92 Å². The van der Waals surface area contributed by atoms with E-state index in [9.17, 15) is 0 Å². The smallest absolute Gasteiger partial charge is 0.173 e. The molecular weight excluding hydrogens is 336 g/mol. The molecule has 2 aromatic heterocycles. The monoisotopic (exact) mass is 362 g/mol. The zero-order valence-corrected chi connectivity index (χ0v) is 15.8. The third-order valence-electron chi connectivity index (χ3n) is 5.33. The average molecular weight is 362 g/mol. The van der Waals surface area contributed by atoms with Gasteiger partial charge >= 0.3 is 0 Å². The van der Waals surface area contributed by atoms with Crippen LogP contribution in [0.15, 0.2) is 54.9 Å². The molecular formula is C21H26N6. The van der Waals surface area contributed by atoms with E-state index in [2.05, 4.69) is 68.7 Å². The zero-order valence-electron chi connectivity index (χ0n) is 15.8. The number of hydrogen-bond acceptors (Lipinski definition) is 5. The Kier molecular flexibility index (Phi) is 5.53. The molecule has 140 valence electrons. The first-order chi connectivity index (χ1) is 13.3. The molecule has 0 amide bonds. The largest absolute Gasteiger partial charge is 0.289 e. The first kappa shape index (κ1) is 17.8. The van der Waals surface area contributed by atoms with Crippen LogP contribution in [0.1, 0.15) is 42.8 Å². The summed E-state index contributed by atoms with van der Waals surface area (Å²) in [7, 11) is 0. The number of tetrazole rings is 1. The second-order valence-electron chi connectivity index (χ2n) is 7.42. The fraction of sp³-hybridized carbons (Fsp3) is 0.429. The lowest BCUT2D eigenvalue weighted by atomic mass is 9.96. The molecule has 1 fully saturated rings. The van der Waals surface area contributed by atoms with E-state index >= 15 is 0 Å². The maximum absolute atomic E-state index is 4.45. The molecule has 0 unspecified atom stereocenters. The number of benzene rings is 1. The maximum Gasteiger partial charge on any atom is 0.173 e. The highest BCUT2D eigenvalue weighted by Crippen LogP contribution is 2.31. The van der Waals surface area contributed by atoms with Crippen LogP contribution < -0.4 is 0 Å². The minimum atomic E-state index is 0.0709. The Morgan fingerprint density at radius 1 is 1.11 bits per heavy atom. The van der Waals surface area contributed by atoms with E-state index in [1.165, 1.54) is 24.0 Å². The van der Waals surface area contributed by atoms with E-state index in [0.717, 1.165) is 31.9 Å². The van der Waals surface area contributed by atoms with Crippen LogP contribution in [0.3, 0.4) is 0 Å². The van der Waals surface area contributed by atoms with E-state index in [1.54, 1.807) is 0 Å². The van der Waals surface area contributed by atoms with E-state index in [1.807, 2.05) is 23.1 Å². The first-order valence-corrected chi connectivity index (χ1v) is 9.75. The highest BCUT2D eigenvalue weighted by molar-refractivity contribution is 5.23. The topological polar surface area (TPSA) is 59.7 Å². The lowest BCUT2D eigenvalue weighted by Crippen LogP contribution is -2.39. The van der Waals surface area contributed by atoms with Gasteiger partial charge in [0.2, 0.25) is 0 Å². The number of piperidine rings is 1. The van der Waals surface area contributed by atoms with Gasteiger partial charge in [-0.15, -0.1) is 5.10 Å². The van der Waals surface area contributed by atoms with Gasteiger partial charge in [-0.2, -0.15) is 0 Å². The predicted molar refractivity (Wildman–Crippen MR) is 104 cm³/mol. The minimum absolute atomic E-state index is 0.0709. The zero-order chi connectivity index (χ0) is 18.5. The predicted octanol–water partition coefficient (Wildman–Crippen LogP) is 3.13. The van der Waals surface area contributed by atoms with Gasteiger partial charge in [-0.3, -0.25) is 9.88 Å². The van der Waals surface area contributed by atoms with Crippen LogP contribution in [0.25, 0.3) is 0 Å². The van der Waals surface area contributed by atoms with Crippen molar-refractivity contribution in [2.24, 2.45) is 5.92 Å². The fourth-order valence-corrected chi connectivity index (χ4v) is 3.98. The lowest BCUT2D eigenvalue weighted by molar-refractivity contribution is 0.141. The van der Waals surface area contributed by atoms with Gasteiger partial charge in [0, 0.05) is 25.5 Å². The lowest BCUT2D eigenvalue weighted by Gasteiger charge is -2.36. The molecule has 0 N–H and O–H groups in total. The summed E-state index contributed by atoms with van der Waals surface area (Å²) in [5.41, 5.74) is 2.50. The van der Waals surface area contributed by atoms with Crippen molar-refractivity contribution in [2.75, 3.05) is 13.1 Å². The Morgan fingerprint density at radius 2 is 1.93 bits per heavy atom. The van der Waals surface area contributed by atoms with E-state index in [0.29, 0.717) is 5.92 Å². The summed E-state index contributed by atoms with van der Waals surface area (Å²) < 4.78 is 1.97. The molecule has 1 aromatic carbocycles. The Labute approximate surface area is 160 Å². The number of rotatable bonds is 6. The number of aromatic nitrogens is 5. The molecule has 3 heterocycles. The Balaban J connectivity index is 1.61. The van der Waals surface area contributed by atoms with Crippen molar-refractivity contribution in [3.8, 4) is 0 Å². The van der Waals surface area contributed by atoms with Gasteiger partial charge < -0.3 is 0 Å². The van der Waals surface area contributed by atoms with Crippen LogP contribution in [0.2, 0.25) is 0 Å². The second kappa shape index (κ2) is 8.39. The van der Waals surface area contributed by atoms with Gasteiger partial charge in [-0.1, -0.05) is 37.3 Å². The molecule has 6 nitrogen and oxygen atoms in total. The van der Waals surface area contributed by atoms with Gasteiger partial charge in [0.25, 0.3) is 0 Å². The third kappa shape index (κ3) is 4.22. The summed E-state index contributed by atoms with van der Waals surface area (Å²) >= 11 is 0. The van der Waals surface area contributed by atoms with Crippen LogP contribution in [-0.4, -0.2) is 43.2 Å². The summed E-state index contributed by atoms with van der Waals surface area (Å²) in [5.74, 6) is 1.61. The molecule has 1 aliphatic heterocycles. The maximum atomic E-state index is 4.45. The van der Waals surface area contributed by atoms with Crippen LogP contribution in [-0.2, 0) is 13.0 Å². The molecule has 2 atom stereocenters. The summed E-state index contributed by atoms with van der Waals surface area (Å²) in [6, 6.07) is 14.7. The third-order valence-corrected chi connectivity index (χ3v) is 5.33. The SMILES string of the molecule is C[C@@H]1CCCN([C@H](c2ccncc2)c2nnnn2CCc2ccccc2)C1. The van der Waals surface area contributed by atoms with Gasteiger partial charge in [0.1, 0.15) is 0 Å². The normalized spacial score (nSPS) is 19.1. The molecule has 0 saturated carbocycles.